The van der Waals surface area contributed by atoms with Crippen LogP contribution in [0.3, 0.4) is 0 Å². The third-order valence-electron chi connectivity index (χ3n) is 6.96. The number of anilines is 1. The number of ether oxygens (including phenoxy) is 1. The number of nitrogens with zero attached hydrogens (tertiary/aromatic N) is 1. The summed E-state index contributed by atoms with van der Waals surface area (Å²) in [5.74, 6) is 0.611. The first-order valence-electron chi connectivity index (χ1n) is 10.9. The van der Waals surface area contributed by atoms with E-state index in [1.54, 1.807) is 0 Å². The molecule has 0 spiro atoms. The topological polar surface area (TPSA) is 29.5 Å². The van der Waals surface area contributed by atoms with Crippen LogP contribution < -0.4 is 9.64 Å². The van der Waals surface area contributed by atoms with Gasteiger partial charge in [-0.2, -0.15) is 0 Å². The Morgan fingerprint density at radius 3 is 2.17 bits per heavy atom. The van der Waals surface area contributed by atoms with Crippen molar-refractivity contribution >= 4 is 11.7 Å². The average molecular weight is 392 g/mol. The molecule has 0 amide bonds. The molecule has 1 aliphatic carbocycles. The Kier molecular flexibility index (Phi) is 4.96. The van der Waals surface area contributed by atoms with Gasteiger partial charge in [-0.1, -0.05) is 58.9 Å². The lowest BCUT2D eigenvalue weighted by atomic mass is 9.63. The molecule has 0 unspecified atom stereocenters. The summed E-state index contributed by atoms with van der Waals surface area (Å²) in [6, 6.07) is 14.7. The number of carbonyl (C=O) groups is 1. The zero-order valence-corrected chi connectivity index (χ0v) is 18.4. The van der Waals surface area contributed by atoms with Crippen molar-refractivity contribution in [2.45, 2.75) is 64.7 Å². The van der Waals surface area contributed by atoms with Crippen LogP contribution in [0.4, 0.5) is 5.69 Å². The molecule has 0 radical (unpaired) electrons. The maximum Gasteiger partial charge on any atom is 0.317 e. The molecule has 2 aromatic rings. The van der Waals surface area contributed by atoms with Gasteiger partial charge in [0, 0.05) is 18.8 Å². The van der Waals surface area contributed by atoms with Crippen LogP contribution in [0.5, 0.6) is 5.75 Å². The Labute approximate surface area is 175 Å². The van der Waals surface area contributed by atoms with Crippen molar-refractivity contribution in [3.8, 4) is 5.75 Å². The van der Waals surface area contributed by atoms with Gasteiger partial charge in [0.2, 0.25) is 0 Å². The number of benzene rings is 2. The smallest absolute Gasteiger partial charge is 0.317 e. The number of hydrogen-bond donors (Lipinski definition) is 0. The molecule has 0 bridgehead atoms. The maximum atomic E-state index is 12.8. The van der Waals surface area contributed by atoms with Gasteiger partial charge in [0.15, 0.2) is 0 Å². The van der Waals surface area contributed by atoms with E-state index in [-0.39, 0.29) is 22.7 Å². The first kappa shape index (κ1) is 20.0. The van der Waals surface area contributed by atoms with Gasteiger partial charge in [-0.05, 0) is 65.0 Å². The van der Waals surface area contributed by atoms with Gasteiger partial charge in [-0.25, -0.2) is 0 Å². The highest BCUT2D eigenvalue weighted by atomic mass is 16.5. The largest absolute Gasteiger partial charge is 0.426 e. The SMILES string of the molecule is CCc1cc2c(cc1OC(=O)C1CN(c3ccccc3)C1)C(C)(C)CCC2(C)C. The van der Waals surface area contributed by atoms with Crippen LogP contribution in [0.2, 0.25) is 0 Å². The quantitative estimate of drug-likeness (QED) is 0.499. The van der Waals surface area contributed by atoms with Crippen molar-refractivity contribution in [3.63, 3.8) is 0 Å². The molecule has 154 valence electrons. The zero-order valence-electron chi connectivity index (χ0n) is 18.4. The first-order chi connectivity index (χ1) is 13.7. The predicted molar refractivity (Wildman–Crippen MR) is 119 cm³/mol. The second-order valence-electron chi connectivity index (χ2n) is 9.99. The van der Waals surface area contributed by atoms with E-state index in [9.17, 15) is 4.79 Å². The van der Waals surface area contributed by atoms with E-state index in [2.05, 4.69) is 63.8 Å². The molecule has 0 saturated carbocycles. The highest BCUT2D eigenvalue weighted by Gasteiger charge is 2.39. The van der Waals surface area contributed by atoms with Gasteiger partial charge >= 0.3 is 5.97 Å². The number of fused-ring (bicyclic) bond motifs is 1. The highest BCUT2D eigenvalue weighted by molar-refractivity contribution is 5.79. The minimum Gasteiger partial charge on any atom is -0.426 e. The fraction of sp³-hybridized carbons (Fsp3) is 0.500. The molecule has 3 heteroatoms. The van der Waals surface area contributed by atoms with Crippen LogP contribution in [0.25, 0.3) is 0 Å². The second kappa shape index (κ2) is 7.19. The van der Waals surface area contributed by atoms with Gasteiger partial charge in [-0.3, -0.25) is 4.79 Å². The molecule has 1 saturated heterocycles. The molecule has 0 N–H and O–H groups in total. The molecule has 2 aliphatic rings. The Morgan fingerprint density at radius 1 is 1.00 bits per heavy atom. The molecule has 4 rings (SSSR count). The molecule has 29 heavy (non-hydrogen) atoms. The number of rotatable bonds is 4. The van der Waals surface area contributed by atoms with E-state index in [0.29, 0.717) is 0 Å². The van der Waals surface area contributed by atoms with E-state index in [0.717, 1.165) is 37.2 Å². The molecule has 0 aromatic heterocycles. The van der Waals surface area contributed by atoms with E-state index < -0.39 is 0 Å². The van der Waals surface area contributed by atoms with E-state index >= 15 is 0 Å². The standard InChI is InChI=1S/C26H33NO2/c1-6-18-14-21-22(26(4,5)13-12-25(21,2)3)15-23(18)29-24(28)19-16-27(17-19)20-10-8-7-9-11-20/h7-11,14-15,19H,6,12-13,16-17H2,1-5H3. The molecule has 0 atom stereocenters. The lowest BCUT2D eigenvalue weighted by Crippen LogP contribution is -2.51. The van der Waals surface area contributed by atoms with Crippen LogP contribution in [0.15, 0.2) is 42.5 Å². The average Bonchev–Trinajstić information content (AvgIpc) is 2.65. The fourth-order valence-corrected chi connectivity index (χ4v) is 4.68. The Balaban J connectivity index is 1.54. The van der Waals surface area contributed by atoms with Gasteiger partial charge in [0.1, 0.15) is 5.75 Å². The van der Waals surface area contributed by atoms with Crippen LogP contribution in [-0.4, -0.2) is 19.1 Å². The number of para-hydroxylation sites is 1. The van der Waals surface area contributed by atoms with E-state index in [1.165, 1.54) is 23.2 Å². The van der Waals surface area contributed by atoms with Crippen LogP contribution >= 0.6 is 0 Å². The van der Waals surface area contributed by atoms with Crippen LogP contribution in [0, 0.1) is 5.92 Å². The summed E-state index contributed by atoms with van der Waals surface area (Å²) in [6.07, 6.45) is 3.21. The molecular formula is C26H33NO2. The third kappa shape index (κ3) is 3.68. The monoisotopic (exact) mass is 391 g/mol. The Bertz CT molecular complexity index is 908. The van der Waals surface area contributed by atoms with Crippen molar-refractivity contribution in [1.29, 1.82) is 0 Å². The van der Waals surface area contributed by atoms with Crippen molar-refractivity contribution in [2.24, 2.45) is 5.92 Å². The van der Waals surface area contributed by atoms with E-state index in [4.69, 9.17) is 4.74 Å². The number of esters is 1. The van der Waals surface area contributed by atoms with Crippen molar-refractivity contribution in [1.82, 2.24) is 0 Å². The van der Waals surface area contributed by atoms with Crippen LogP contribution in [0.1, 0.15) is 64.2 Å². The summed E-state index contributed by atoms with van der Waals surface area (Å²) in [4.78, 5) is 15.1. The van der Waals surface area contributed by atoms with Gasteiger partial charge in [-0.15, -0.1) is 0 Å². The summed E-state index contributed by atoms with van der Waals surface area (Å²) in [5.41, 5.74) is 5.35. The molecule has 2 aromatic carbocycles. The number of carbonyl (C=O) groups excluding carboxylic acids is 1. The third-order valence-corrected chi connectivity index (χ3v) is 6.96. The minimum atomic E-state index is -0.0975. The van der Waals surface area contributed by atoms with Gasteiger partial charge < -0.3 is 9.64 Å². The molecular weight excluding hydrogens is 358 g/mol. The molecule has 1 heterocycles. The Hall–Kier alpha value is -2.29. The summed E-state index contributed by atoms with van der Waals surface area (Å²) in [6.45, 7) is 12.9. The highest BCUT2D eigenvalue weighted by Crippen LogP contribution is 2.47. The lowest BCUT2D eigenvalue weighted by Gasteiger charge is -2.42. The minimum absolute atomic E-state index is 0.0552. The number of hydrogen-bond acceptors (Lipinski definition) is 3. The summed E-state index contributed by atoms with van der Waals surface area (Å²) in [7, 11) is 0. The molecule has 3 nitrogen and oxygen atoms in total. The van der Waals surface area contributed by atoms with Crippen molar-refractivity contribution in [2.75, 3.05) is 18.0 Å². The van der Waals surface area contributed by atoms with Crippen molar-refractivity contribution < 1.29 is 9.53 Å². The summed E-state index contributed by atoms with van der Waals surface area (Å²) in [5, 5.41) is 0. The summed E-state index contributed by atoms with van der Waals surface area (Å²) < 4.78 is 5.99. The molecule has 1 fully saturated rings. The maximum absolute atomic E-state index is 12.8. The zero-order chi connectivity index (χ0) is 20.8. The van der Waals surface area contributed by atoms with Gasteiger partial charge in [0.25, 0.3) is 0 Å². The number of aryl methyl sites for hydroxylation is 1. The Morgan fingerprint density at radius 2 is 1.59 bits per heavy atom. The lowest BCUT2D eigenvalue weighted by molar-refractivity contribution is -0.139. The van der Waals surface area contributed by atoms with Crippen LogP contribution in [-0.2, 0) is 22.0 Å². The normalized spacial score (nSPS) is 20.0. The van der Waals surface area contributed by atoms with Gasteiger partial charge in [0.05, 0.1) is 5.92 Å². The summed E-state index contributed by atoms with van der Waals surface area (Å²) >= 11 is 0. The fourth-order valence-electron chi connectivity index (χ4n) is 4.68. The first-order valence-corrected chi connectivity index (χ1v) is 10.9. The predicted octanol–water partition coefficient (Wildman–Crippen LogP) is 5.64. The second-order valence-corrected chi connectivity index (χ2v) is 9.99. The molecule has 1 aliphatic heterocycles. The van der Waals surface area contributed by atoms with Crippen molar-refractivity contribution in [3.05, 3.63) is 59.2 Å². The van der Waals surface area contributed by atoms with E-state index in [1.807, 2.05) is 18.2 Å².